The molecule has 0 aromatic heterocycles. The molecule has 7 heteroatoms. The summed E-state index contributed by atoms with van der Waals surface area (Å²) in [5, 5.41) is 13.9. The number of nitrogens with zero attached hydrogens (tertiary/aromatic N) is 1. The summed E-state index contributed by atoms with van der Waals surface area (Å²) in [4.78, 5) is 10.4. The van der Waals surface area contributed by atoms with Crippen molar-refractivity contribution in [3.63, 3.8) is 0 Å². The molecule has 0 saturated carbocycles. The lowest BCUT2D eigenvalue weighted by Crippen LogP contribution is -2.07. The van der Waals surface area contributed by atoms with E-state index in [2.05, 4.69) is 5.32 Å². The Bertz CT molecular complexity index is 679. The van der Waals surface area contributed by atoms with Crippen LogP contribution in [0, 0.1) is 15.9 Å². The van der Waals surface area contributed by atoms with E-state index >= 15 is 0 Å². The van der Waals surface area contributed by atoms with Gasteiger partial charge in [-0.15, -0.1) is 0 Å². The van der Waals surface area contributed by atoms with Gasteiger partial charge in [-0.25, -0.2) is 4.39 Å². The summed E-state index contributed by atoms with van der Waals surface area (Å²) in [7, 11) is 1.70. The zero-order valence-electron chi connectivity index (χ0n) is 11.1. The summed E-state index contributed by atoms with van der Waals surface area (Å²) in [5.41, 5.74) is 0.216. The number of nitro groups is 1. The number of nitrogens with one attached hydrogen (secondary N) is 1. The Balaban J connectivity index is 2.50. The van der Waals surface area contributed by atoms with Crippen molar-refractivity contribution < 1.29 is 14.1 Å². The highest BCUT2D eigenvalue weighted by Gasteiger charge is 2.21. The lowest BCUT2D eigenvalue weighted by Gasteiger charge is -2.13. The first-order valence-electron chi connectivity index (χ1n) is 6.07. The molecule has 2 aromatic rings. The van der Waals surface area contributed by atoms with Crippen molar-refractivity contribution in [1.29, 1.82) is 0 Å². The smallest absolute Gasteiger partial charge is 0.313 e. The second-order valence-corrected chi connectivity index (χ2v) is 4.61. The highest BCUT2D eigenvalue weighted by atomic mass is 35.5. The lowest BCUT2D eigenvalue weighted by molar-refractivity contribution is -0.385. The van der Waals surface area contributed by atoms with Gasteiger partial charge in [0.05, 0.1) is 9.95 Å². The van der Waals surface area contributed by atoms with E-state index in [1.54, 1.807) is 13.1 Å². The van der Waals surface area contributed by atoms with Crippen molar-refractivity contribution in [2.45, 2.75) is 6.54 Å². The number of nitro benzene ring substituents is 1. The van der Waals surface area contributed by atoms with Gasteiger partial charge in [-0.05, 0) is 19.2 Å². The average Bonchev–Trinajstić information content (AvgIpc) is 2.44. The zero-order valence-corrected chi connectivity index (χ0v) is 11.9. The molecule has 2 rings (SSSR count). The molecule has 110 valence electrons. The molecular weight excluding hydrogens is 299 g/mol. The van der Waals surface area contributed by atoms with Gasteiger partial charge < -0.3 is 10.1 Å². The van der Waals surface area contributed by atoms with Crippen molar-refractivity contribution in [3.05, 3.63) is 62.9 Å². The normalized spacial score (nSPS) is 10.4. The van der Waals surface area contributed by atoms with Crippen LogP contribution in [0.4, 0.5) is 10.1 Å². The van der Waals surface area contributed by atoms with Gasteiger partial charge in [0.25, 0.3) is 0 Å². The number of halogens is 2. The summed E-state index contributed by atoms with van der Waals surface area (Å²) in [6, 6.07) is 8.55. The minimum absolute atomic E-state index is 0.0443. The monoisotopic (exact) mass is 310 g/mol. The van der Waals surface area contributed by atoms with E-state index < -0.39 is 10.7 Å². The number of para-hydroxylation sites is 2. The quantitative estimate of drug-likeness (QED) is 0.672. The van der Waals surface area contributed by atoms with E-state index in [0.717, 1.165) is 0 Å². The second-order valence-electron chi connectivity index (χ2n) is 4.21. The fraction of sp³-hybridized carbons (Fsp3) is 0.143. The molecule has 0 aliphatic carbocycles. The molecule has 0 aliphatic heterocycles. The van der Waals surface area contributed by atoms with Crippen molar-refractivity contribution in [3.8, 4) is 11.5 Å². The molecule has 0 heterocycles. The van der Waals surface area contributed by atoms with Gasteiger partial charge in [0.15, 0.2) is 11.6 Å². The van der Waals surface area contributed by atoms with Crippen molar-refractivity contribution in [2.75, 3.05) is 7.05 Å². The van der Waals surface area contributed by atoms with Gasteiger partial charge in [-0.1, -0.05) is 29.8 Å². The number of rotatable bonds is 5. The van der Waals surface area contributed by atoms with E-state index in [4.69, 9.17) is 16.3 Å². The molecule has 5 nitrogen and oxygen atoms in total. The topological polar surface area (TPSA) is 64.4 Å². The van der Waals surface area contributed by atoms with Gasteiger partial charge in [-0.2, -0.15) is 0 Å². The van der Waals surface area contributed by atoms with Crippen LogP contribution in [0.25, 0.3) is 0 Å². The Kier molecular flexibility index (Phi) is 4.72. The third kappa shape index (κ3) is 3.29. The second kappa shape index (κ2) is 6.51. The first-order valence-corrected chi connectivity index (χ1v) is 6.45. The van der Waals surface area contributed by atoms with Crippen LogP contribution in [0.1, 0.15) is 5.56 Å². The highest BCUT2D eigenvalue weighted by Crippen LogP contribution is 2.39. The zero-order chi connectivity index (χ0) is 15.4. The SMILES string of the molecule is CNCc1cccc(F)c1Oc1c(Cl)cccc1[N+](=O)[O-]. The van der Waals surface area contributed by atoms with Gasteiger partial charge in [-0.3, -0.25) is 10.1 Å². The molecule has 0 radical (unpaired) electrons. The highest BCUT2D eigenvalue weighted by molar-refractivity contribution is 6.32. The molecule has 21 heavy (non-hydrogen) atoms. The summed E-state index contributed by atoms with van der Waals surface area (Å²) in [5.74, 6) is -0.869. The Labute approximate surface area is 125 Å². The Hall–Kier alpha value is -2.18. The van der Waals surface area contributed by atoms with Gasteiger partial charge >= 0.3 is 5.69 Å². The van der Waals surface area contributed by atoms with Crippen LogP contribution in [0.5, 0.6) is 11.5 Å². The first kappa shape index (κ1) is 15.2. The fourth-order valence-corrected chi connectivity index (χ4v) is 2.05. The standard InChI is InChI=1S/C14H12ClFN2O3/c1-17-8-9-4-2-6-11(16)13(9)21-14-10(15)5-3-7-12(14)18(19)20/h2-7,17H,8H2,1H3. The van der Waals surface area contributed by atoms with Gasteiger partial charge in [0.2, 0.25) is 5.75 Å². The largest absolute Gasteiger partial charge is 0.445 e. The number of benzene rings is 2. The van der Waals surface area contributed by atoms with Crippen LogP contribution >= 0.6 is 11.6 Å². The number of hydrogen-bond acceptors (Lipinski definition) is 4. The Morgan fingerprint density at radius 1 is 1.29 bits per heavy atom. The summed E-state index contributed by atoms with van der Waals surface area (Å²) >= 11 is 5.94. The molecule has 0 spiro atoms. The van der Waals surface area contributed by atoms with Crippen LogP contribution in [0.15, 0.2) is 36.4 Å². The van der Waals surface area contributed by atoms with E-state index in [1.807, 2.05) is 0 Å². The maximum atomic E-state index is 14.0. The van der Waals surface area contributed by atoms with Gasteiger partial charge in [0.1, 0.15) is 0 Å². The molecule has 0 aliphatic rings. The molecule has 0 saturated heterocycles. The van der Waals surface area contributed by atoms with Crippen LogP contribution in [0.2, 0.25) is 5.02 Å². The average molecular weight is 311 g/mol. The molecule has 1 N–H and O–H groups in total. The molecule has 0 fully saturated rings. The van der Waals surface area contributed by atoms with Crippen LogP contribution in [-0.4, -0.2) is 12.0 Å². The van der Waals surface area contributed by atoms with Crippen LogP contribution in [-0.2, 0) is 6.54 Å². The third-order valence-corrected chi connectivity index (χ3v) is 3.06. The van der Waals surface area contributed by atoms with Crippen molar-refractivity contribution in [2.24, 2.45) is 0 Å². The maximum absolute atomic E-state index is 14.0. The molecule has 0 bridgehead atoms. The van der Waals surface area contributed by atoms with E-state index in [-0.39, 0.29) is 22.2 Å². The van der Waals surface area contributed by atoms with E-state index in [9.17, 15) is 14.5 Å². The number of ether oxygens (including phenoxy) is 1. The van der Waals surface area contributed by atoms with E-state index in [1.165, 1.54) is 30.3 Å². The molecule has 2 aromatic carbocycles. The predicted octanol–water partition coefficient (Wildman–Crippen LogP) is 3.90. The third-order valence-electron chi connectivity index (χ3n) is 2.76. The summed E-state index contributed by atoms with van der Waals surface area (Å²) < 4.78 is 19.4. The maximum Gasteiger partial charge on any atom is 0.313 e. The van der Waals surface area contributed by atoms with Gasteiger partial charge in [0, 0.05) is 18.2 Å². The minimum Gasteiger partial charge on any atom is -0.445 e. The molecule has 0 unspecified atom stereocenters. The molecule has 0 amide bonds. The van der Waals surface area contributed by atoms with Crippen LogP contribution in [0.3, 0.4) is 0 Å². The summed E-state index contributed by atoms with van der Waals surface area (Å²) in [6.45, 7) is 0.353. The molecular formula is C14H12ClFN2O3. The minimum atomic E-state index is -0.625. The first-order chi connectivity index (χ1) is 10.0. The Morgan fingerprint density at radius 3 is 2.67 bits per heavy atom. The van der Waals surface area contributed by atoms with E-state index in [0.29, 0.717) is 12.1 Å². The summed E-state index contributed by atoms with van der Waals surface area (Å²) in [6.07, 6.45) is 0. The Morgan fingerprint density at radius 2 is 2.00 bits per heavy atom. The fourth-order valence-electron chi connectivity index (χ4n) is 1.84. The molecule has 0 atom stereocenters. The van der Waals surface area contributed by atoms with Crippen LogP contribution < -0.4 is 10.1 Å². The van der Waals surface area contributed by atoms with Crippen molar-refractivity contribution in [1.82, 2.24) is 5.32 Å². The lowest BCUT2D eigenvalue weighted by atomic mass is 10.2. The predicted molar refractivity (Wildman–Crippen MR) is 77.3 cm³/mol. The number of hydrogen-bond donors (Lipinski definition) is 1. The van der Waals surface area contributed by atoms with Crippen molar-refractivity contribution >= 4 is 17.3 Å².